The lowest BCUT2D eigenvalue weighted by Crippen LogP contribution is -2.39. The molecule has 2 heterocycles. The third kappa shape index (κ3) is 6.46. The van der Waals surface area contributed by atoms with Crippen LogP contribution >= 0.6 is 11.3 Å². The fourth-order valence-corrected chi connectivity index (χ4v) is 3.41. The minimum absolute atomic E-state index is 0.0129. The minimum atomic E-state index is -0.0129. The van der Waals surface area contributed by atoms with E-state index in [0.29, 0.717) is 6.54 Å². The van der Waals surface area contributed by atoms with Crippen molar-refractivity contribution < 1.29 is 4.79 Å². The molecule has 0 spiro atoms. The van der Waals surface area contributed by atoms with Crippen LogP contribution in [-0.2, 0) is 6.42 Å². The summed E-state index contributed by atoms with van der Waals surface area (Å²) in [4.78, 5) is 16.8. The number of amides is 1. The van der Waals surface area contributed by atoms with Crippen molar-refractivity contribution in [1.29, 1.82) is 0 Å². The van der Waals surface area contributed by atoms with Crippen LogP contribution in [-0.4, -0.2) is 48.3 Å². The van der Waals surface area contributed by atoms with Crippen LogP contribution in [0.1, 0.15) is 21.7 Å². The summed E-state index contributed by atoms with van der Waals surface area (Å²) in [5.41, 5.74) is 2.30. The Morgan fingerprint density at radius 2 is 1.86 bits per heavy atom. The van der Waals surface area contributed by atoms with E-state index in [1.165, 1.54) is 16.9 Å². The van der Waals surface area contributed by atoms with Crippen LogP contribution in [0, 0.1) is 0 Å². The third-order valence-electron chi connectivity index (χ3n) is 4.31. The van der Waals surface area contributed by atoms with Gasteiger partial charge in [-0.1, -0.05) is 18.2 Å². The summed E-state index contributed by atoms with van der Waals surface area (Å²) in [6.07, 6.45) is 5.43. The number of carbonyl (C=O) groups is 1. The molecule has 0 aliphatic rings. The Kier molecular flexibility index (Phi) is 7.82. The largest absolute Gasteiger partial charge is 0.356 e. The van der Waals surface area contributed by atoms with Crippen LogP contribution in [0.5, 0.6) is 0 Å². The van der Waals surface area contributed by atoms with Gasteiger partial charge >= 0.3 is 0 Å². The number of hydrogen-bond donors (Lipinski definition) is 3. The molecule has 1 amide bonds. The van der Waals surface area contributed by atoms with Gasteiger partial charge in [-0.25, -0.2) is 4.68 Å². The van der Waals surface area contributed by atoms with E-state index in [1.54, 1.807) is 13.2 Å². The topological polar surface area (TPSA) is 83.3 Å². The second kappa shape index (κ2) is 11.0. The average Bonchev–Trinajstić information content (AvgIpc) is 3.47. The number of aliphatic imine (C=N–C) groups is 1. The molecule has 3 rings (SSSR count). The second-order valence-corrected chi connectivity index (χ2v) is 7.33. The molecule has 29 heavy (non-hydrogen) atoms. The first-order valence-corrected chi connectivity index (χ1v) is 10.5. The molecule has 152 valence electrons. The molecule has 0 aliphatic carbocycles. The summed E-state index contributed by atoms with van der Waals surface area (Å²) in [5.74, 6) is 0.754. The van der Waals surface area contributed by atoms with Crippen molar-refractivity contribution in [2.24, 2.45) is 4.99 Å². The van der Waals surface area contributed by atoms with E-state index in [4.69, 9.17) is 0 Å². The number of nitrogens with one attached hydrogen (secondary N) is 3. The maximum absolute atomic E-state index is 11.9. The molecule has 7 nitrogen and oxygen atoms in total. The number of hydrogen-bond acceptors (Lipinski definition) is 4. The van der Waals surface area contributed by atoms with Crippen LogP contribution in [0.25, 0.3) is 5.69 Å². The molecule has 0 unspecified atom stereocenters. The molecular formula is C21H26N6OS. The maximum Gasteiger partial charge on any atom is 0.261 e. The van der Waals surface area contributed by atoms with Gasteiger partial charge in [0.1, 0.15) is 0 Å². The molecule has 0 saturated heterocycles. The SMILES string of the molecule is CN=C(NCCCNC(=O)c1cccs1)NCCc1ccc(-n2cccn2)cc1. The second-order valence-electron chi connectivity index (χ2n) is 6.38. The number of guanidine groups is 1. The first kappa shape index (κ1) is 20.6. The zero-order chi connectivity index (χ0) is 20.3. The Hall–Kier alpha value is -3.13. The van der Waals surface area contributed by atoms with Crippen molar-refractivity contribution >= 4 is 23.2 Å². The van der Waals surface area contributed by atoms with Gasteiger partial charge in [0.05, 0.1) is 10.6 Å². The van der Waals surface area contributed by atoms with Crippen molar-refractivity contribution in [3.8, 4) is 5.69 Å². The van der Waals surface area contributed by atoms with E-state index in [9.17, 15) is 4.79 Å². The van der Waals surface area contributed by atoms with Gasteiger partial charge in [0.2, 0.25) is 0 Å². The van der Waals surface area contributed by atoms with Gasteiger partial charge in [0.25, 0.3) is 5.91 Å². The summed E-state index contributed by atoms with van der Waals surface area (Å²) in [6.45, 7) is 2.15. The van der Waals surface area contributed by atoms with Gasteiger partial charge in [0, 0.05) is 39.1 Å². The molecular weight excluding hydrogens is 384 g/mol. The van der Waals surface area contributed by atoms with Crippen molar-refractivity contribution in [2.75, 3.05) is 26.7 Å². The molecule has 2 aromatic heterocycles. The molecule has 0 bridgehead atoms. The summed E-state index contributed by atoms with van der Waals surface area (Å²) in [6, 6.07) is 14.0. The van der Waals surface area contributed by atoms with E-state index in [2.05, 4.69) is 50.3 Å². The van der Waals surface area contributed by atoms with Crippen LogP contribution in [0.2, 0.25) is 0 Å². The predicted octanol–water partition coefficient (Wildman–Crippen LogP) is 2.46. The highest BCUT2D eigenvalue weighted by molar-refractivity contribution is 7.12. The summed E-state index contributed by atoms with van der Waals surface area (Å²) in [5, 5.41) is 15.6. The standard InChI is InChI=1S/C21H26N6OS/c1-22-21(24-12-3-11-23-20(28)19-5-2-16-29-19)25-14-10-17-6-8-18(9-7-17)27-15-4-13-26-27/h2,4-9,13,15-16H,3,10-12,14H2,1H3,(H,23,28)(H2,22,24,25). The highest BCUT2D eigenvalue weighted by atomic mass is 32.1. The molecule has 0 aliphatic heterocycles. The van der Waals surface area contributed by atoms with E-state index in [-0.39, 0.29) is 5.91 Å². The van der Waals surface area contributed by atoms with Crippen molar-refractivity contribution in [3.63, 3.8) is 0 Å². The van der Waals surface area contributed by atoms with Gasteiger partial charge in [-0.05, 0) is 48.1 Å². The third-order valence-corrected chi connectivity index (χ3v) is 5.18. The Labute approximate surface area is 174 Å². The number of nitrogens with zero attached hydrogens (tertiary/aromatic N) is 3. The molecule has 0 atom stereocenters. The summed E-state index contributed by atoms with van der Waals surface area (Å²) >= 11 is 1.45. The number of carbonyl (C=O) groups excluding carboxylic acids is 1. The summed E-state index contributed by atoms with van der Waals surface area (Å²) < 4.78 is 1.84. The Morgan fingerprint density at radius 3 is 2.55 bits per heavy atom. The number of thiophene rings is 1. The van der Waals surface area contributed by atoms with Crippen LogP contribution < -0.4 is 16.0 Å². The lowest BCUT2D eigenvalue weighted by atomic mass is 10.1. The molecule has 3 aromatic rings. The summed E-state index contributed by atoms with van der Waals surface area (Å²) in [7, 11) is 1.76. The minimum Gasteiger partial charge on any atom is -0.356 e. The smallest absolute Gasteiger partial charge is 0.261 e. The average molecular weight is 411 g/mol. The maximum atomic E-state index is 11.9. The van der Waals surface area contributed by atoms with Crippen LogP contribution in [0.4, 0.5) is 0 Å². The molecule has 1 aromatic carbocycles. The first-order valence-electron chi connectivity index (χ1n) is 9.61. The van der Waals surface area contributed by atoms with Crippen molar-refractivity contribution in [2.45, 2.75) is 12.8 Å². The molecule has 0 fully saturated rings. The lowest BCUT2D eigenvalue weighted by molar-refractivity contribution is 0.0957. The number of aromatic nitrogens is 2. The van der Waals surface area contributed by atoms with Crippen LogP contribution in [0.15, 0.2) is 65.2 Å². The molecule has 0 saturated carbocycles. The zero-order valence-corrected chi connectivity index (χ0v) is 17.3. The molecule has 3 N–H and O–H groups in total. The zero-order valence-electron chi connectivity index (χ0n) is 16.5. The van der Waals surface area contributed by atoms with Crippen LogP contribution in [0.3, 0.4) is 0 Å². The van der Waals surface area contributed by atoms with E-state index in [1.807, 2.05) is 34.5 Å². The van der Waals surface area contributed by atoms with Gasteiger partial charge in [0.15, 0.2) is 5.96 Å². The molecule has 8 heteroatoms. The van der Waals surface area contributed by atoms with Crippen molar-refractivity contribution in [3.05, 3.63) is 70.7 Å². The monoisotopic (exact) mass is 410 g/mol. The fraction of sp³-hybridized carbons (Fsp3) is 0.286. The van der Waals surface area contributed by atoms with Gasteiger partial charge in [-0.3, -0.25) is 9.79 Å². The van der Waals surface area contributed by atoms with Gasteiger partial charge in [-0.15, -0.1) is 11.3 Å². The Morgan fingerprint density at radius 1 is 1.07 bits per heavy atom. The quantitative estimate of drug-likeness (QED) is 0.287. The predicted molar refractivity (Wildman–Crippen MR) is 118 cm³/mol. The normalized spacial score (nSPS) is 11.3. The number of rotatable bonds is 9. The lowest BCUT2D eigenvalue weighted by Gasteiger charge is -2.12. The van der Waals surface area contributed by atoms with Gasteiger partial charge < -0.3 is 16.0 Å². The highest BCUT2D eigenvalue weighted by Gasteiger charge is 2.05. The number of benzene rings is 1. The van der Waals surface area contributed by atoms with E-state index < -0.39 is 0 Å². The Bertz CT molecular complexity index is 888. The molecule has 0 radical (unpaired) electrons. The Balaban J connectivity index is 1.30. The first-order chi connectivity index (χ1) is 14.3. The van der Waals surface area contributed by atoms with Gasteiger partial charge in [-0.2, -0.15) is 5.10 Å². The highest BCUT2D eigenvalue weighted by Crippen LogP contribution is 2.09. The van der Waals surface area contributed by atoms with E-state index >= 15 is 0 Å². The van der Waals surface area contributed by atoms with E-state index in [0.717, 1.165) is 42.5 Å². The van der Waals surface area contributed by atoms with Crippen molar-refractivity contribution in [1.82, 2.24) is 25.7 Å². The fourth-order valence-electron chi connectivity index (χ4n) is 2.77.